The Morgan fingerprint density at radius 1 is 0.268 bits per heavy atom. The van der Waals surface area contributed by atoms with Crippen LogP contribution in [0.3, 0.4) is 0 Å². The van der Waals surface area contributed by atoms with Crippen molar-refractivity contribution >= 4 is 17.9 Å². The highest BCUT2D eigenvalue weighted by Crippen LogP contribution is 2.17. The molecule has 1 unspecified atom stereocenters. The number of hydrogen-bond acceptors (Lipinski definition) is 6. The number of carbonyl (C=O) groups excluding carboxylic acids is 3. The van der Waals surface area contributed by atoms with E-state index in [1.54, 1.807) is 6.08 Å². The van der Waals surface area contributed by atoms with Gasteiger partial charge in [-0.15, -0.1) is 0 Å². The number of esters is 3. The maximum atomic E-state index is 12.9. The van der Waals surface area contributed by atoms with Gasteiger partial charge in [0, 0.05) is 12.8 Å². The predicted octanol–water partition coefficient (Wildman–Crippen LogP) is 23.7. The van der Waals surface area contributed by atoms with E-state index in [2.05, 4.69) is 142 Å². The van der Waals surface area contributed by atoms with Gasteiger partial charge in [0.25, 0.3) is 0 Å². The largest absolute Gasteiger partial charge is 0.462 e. The second-order valence-electron chi connectivity index (χ2n) is 22.3. The first-order valence-corrected chi connectivity index (χ1v) is 34.2. The lowest BCUT2D eigenvalue weighted by Crippen LogP contribution is -2.30. The summed E-state index contributed by atoms with van der Waals surface area (Å²) in [6.45, 7) is 6.32. The van der Waals surface area contributed by atoms with Crippen molar-refractivity contribution in [2.24, 2.45) is 0 Å². The second-order valence-corrected chi connectivity index (χ2v) is 22.3. The van der Waals surface area contributed by atoms with Crippen molar-refractivity contribution in [2.45, 2.75) is 316 Å². The van der Waals surface area contributed by atoms with Crippen LogP contribution < -0.4 is 0 Å². The van der Waals surface area contributed by atoms with Gasteiger partial charge in [-0.05, 0) is 116 Å². The summed E-state index contributed by atoms with van der Waals surface area (Å²) in [5.41, 5.74) is 0. The topological polar surface area (TPSA) is 78.9 Å². The quantitative estimate of drug-likeness (QED) is 0.0261. The van der Waals surface area contributed by atoms with E-state index in [9.17, 15) is 14.4 Å². The van der Waals surface area contributed by atoms with Crippen molar-refractivity contribution in [3.05, 3.63) is 134 Å². The highest BCUT2D eigenvalue weighted by molar-refractivity contribution is 5.72. The molecule has 0 spiro atoms. The van der Waals surface area contributed by atoms with E-state index < -0.39 is 12.1 Å². The molecule has 0 N–H and O–H groups in total. The van der Waals surface area contributed by atoms with Crippen LogP contribution in [0.2, 0.25) is 0 Å². The molecule has 0 fully saturated rings. The van der Waals surface area contributed by atoms with Crippen molar-refractivity contribution in [3.8, 4) is 0 Å². The standard InChI is InChI=1S/C76H126O6/c1-4-7-10-13-16-19-22-25-28-30-32-33-34-35-36-37-38-39-40-41-42-43-44-46-48-51-54-57-60-63-66-69-75(78)81-72-73(71-80-74(77)68-65-62-59-56-53-50-47-27-24-21-18-15-12-9-6-3)82-76(79)70-67-64-61-58-55-52-49-45-31-29-26-23-20-17-14-11-8-5-2/h7,9-10,12,16,18-21,23,25,27-29,31-33,47,53,56,62,65,73H,4-6,8,11,13-15,17,22,24,26,30,34-46,48-52,54-55,57-61,63-64,66-72H2,1-3H3/b10-7-,12-9-,19-16-,21-18-,23-20-,28-25-,31-29-,33-32-,47-27-,56-53-,65-62-. The lowest BCUT2D eigenvalue weighted by molar-refractivity contribution is -0.166. The van der Waals surface area contributed by atoms with E-state index in [4.69, 9.17) is 14.2 Å². The maximum absolute atomic E-state index is 12.9. The van der Waals surface area contributed by atoms with Crippen LogP contribution in [0.1, 0.15) is 310 Å². The third-order valence-electron chi connectivity index (χ3n) is 14.4. The van der Waals surface area contributed by atoms with Crippen molar-refractivity contribution in [1.82, 2.24) is 0 Å². The van der Waals surface area contributed by atoms with E-state index in [1.165, 1.54) is 161 Å². The van der Waals surface area contributed by atoms with Crippen molar-refractivity contribution in [1.29, 1.82) is 0 Å². The fourth-order valence-corrected chi connectivity index (χ4v) is 9.36. The van der Waals surface area contributed by atoms with Gasteiger partial charge in [-0.3, -0.25) is 14.4 Å². The fraction of sp³-hybridized carbons (Fsp3) is 0.671. The summed E-state index contributed by atoms with van der Waals surface area (Å²) in [6.07, 6.45) is 97.9. The van der Waals surface area contributed by atoms with E-state index >= 15 is 0 Å². The van der Waals surface area contributed by atoms with Crippen molar-refractivity contribution < 1.29 is 28.6 Å². The third-order valence-corrected chi connectivity index (χ3v) is 14.4. The molecule has 0 amide bonds. The summed E-state index contributed by atoms with van der Waals surface area (Å²) in [5.74, 6) is -1.05. The molecule has 6 nitrogen and oxygen atoms in total. The number of unbranched alkanes of at least 4 members (excludes halogenated alkanes) is 29. The molecule has 0 saturated heterocycles. The van der Waals surface area contributed by atoms with Gasteiger partial charge in [0.05, 0.1) is 6.42 Å². The first kappa shape index (κ1) is 77.5. The Bertz CT molecular complexity index is 1730. The van der Waals surface area contributed by atoms with E-state index in [-0.39, 0.29) is 31.6 Å². The fourth-order valence-electron chi connectivity index (χ4n) is 9.36. The maximum Gasteiger partial charge on any atom is 0.309 e. The van der Waals surface area contributed by atoms with Gasteiger partial charge in [-0.25, -0.2) is 0 Å². The van der Waals surface area contributed by atoms with Gasteiger partial charge in [0.2, 0.25) is 0 Å². The first-order chi connectivity index (χ1) is 40.5. The molecule has 0 aromatic rings. The molecule has 82 heavy (non-hydrogen) atoms. The van der Waals surface area contributed by atoms with Crippen LogP contribution in [-0.2, 0) is 28.6 Å². The molecule has 0 radical (unpaired) electrons. The summed E-state index contributed by atoms with van der Waals surface area (Å²) in [5, 5.41) is 0. The van der Waals surface area contributed by atoms with Crippen LogP contribution in [0, 0.1) is 0 Å². The Morgan fingerprint density at radius 3 is 0.854 bits per heavy atom. The molecule has 6 heteroatoms. The zero-order chi connectivity index (χ0) is 59.2. The Kier molecular flexibility index (Phi) is 65.3. The zero-order valence-corrected chi connectivity index (χ0v) is 53.5. The van der Waals surface area contributed by atoms with Crippen LogP contribution in [-0.4, -0.2) is 37.2 Å². The van der Waals surface area contributed by atoms with Crippen molar-refractivity contribution in [3.63, 3.8) is 0 Å². The highest BCUT2D eigenvalue weighted by Gasteiger charge is 2.19. The summed E-state index contributed by atoms with van der Waals surface area (Å²) in [4.78, 5) is 38.3. The van der Waals surface area contributed by atoms with Crippen LogP contribution in [0.5, 0.6) is 0 Å². The first-order valence-electron chi connectivity index (χ1n) is 34.2. The molecule has 0 aliphatic heterocycles. The lowest BCUT2D eigenvalue weighted by Gasteiger charge is -2.18. The average molecular weight is 1140 g/mol. The Hall–Kier alpha value is -4.45. The van der Waals surface area contributed by atoms with E-state index in [1.807, 2.05) is 6.08 Å². The number of allylic oxidation sites excluding steroid dienone is 21. The van der Waals surface area contributed by atoms with Crippen LogP contribution in [0.25, 0.3) is 0 Å². The summed E-state index contributed by atoms with van der Waals surface area (Å²) in [6, 6.07) is 0. The average Bonchev–Trinajstić information content (AvgIpc) is 3.47. The summed E-state index contributed by atoms with van der Waals surface area (Å²) < 4.78 is 16.8. The molecular weight excluding hydrogens is 1010 g/mol. The Labute approximate surface area is 506 Å². The number of carbonyl (C=O) groups is 3. The van der Waals surface area contributed by atoms with Gasteiger partial charge in [-0.2, -0.15) is 0 Å². The lowest BCUT2D eigenvalue weighted by atomic mass is 10.0. The molecule has 0 aliphatic rings. The second kappa shape index (κ2) is 69.0. The monoisotopic (exact) mass is 1130 g/mol. The molecule has 1 atom stereocenters. The number of rotatable bonds is 61. The summed E-state index contributed by atoms with van der Waals surface area (Å²) >= 11 is 0. The van der Waals surface area contributed by atoms with Crippen LogP contribution in [0.4, 0.5) is 0 Å². The highest BCUT2D eigenvalue weighted by atomic mass is 16.6. The van der Waals surface area contributed by atoms with Crippen molar-refractivity contribution in [2.75, 3.05) is 13.2 Å². The predicted molar refractivity (Wildman–Crippen MR) is 357 cm³/mol. The summed E-state index contributed by atoms with van der Waals surface area (Å²) in [7, 11) is 0. The molecule has 0 aromatic carbocycles. The molecule has 0 bridgehead atoms. The Morgan fingerprint density at radius 2 is 0.524 bits per heavy atom. The Balaban J connectivity index is 4.31. The molecule has 0 heterocycles. The molecule has 0 saturated carbocycles. The SMILES string of the molecule is CC/C=C\C/C=C\C/C=C\C/C=C\C/C=C\CC(=O)OCC(COC(=O)CCCCCCCCCCCCCCCCCCCC/C=C\C/C=C\C/C=C\C/C=C\CC)OC(=O)CCCCCCCCC/C=C\C/C=C\CCCCCC. The molecule has 0 aliphatic carbocycles. The minimum atomic E-state index is -0.826. The molecule has 0 aromatic heterocycles. The molecule has 0 rings (SSSR count). The molecule has 466 valence electrons. The van der Waals surface area contributed by atoms with E-state index in [0.717, 1.165) is 109 Å². The van der Waals surface area contributed by atoms with E-state index in [0.29, 0.717) is 12.8 Å². The zero-order valence-electron chi connectivity index (χ0n) is 53.5. The van der Waals surface area contributed by atoms with Crippen LogP contribution in [0.15, 0.2) is 134 Å². The van der Waals surface area contributed by atoms with Gasteiger partial charge in [0.1, 0.15) is 13.2 Å². The van der Waals surface area contributed by atoms with Gasteiger partial charge in [0.15, 0.2) is 6.10 Å². The van der Waals surface area contributed by atoms with Gasteiger partial charge >= 0.3 is 17.9 Å². The smallest absolute Gasteiger partial charge is 0.309 e. The third kappa shape index (κ3) is 66.4. The van der Waals surface area contributed by atoms with Crippen LogP contribution >= 0.6 is 0 Å². The minimum Gasteiger partial charge on any atom is -0.462 e. The number of ether oxygens (including phenoxy) is 3. The number of hydrogen-bond donors (Lipinski definition) is 0. The normalized spacial score (nSPS) is 13.0. The molecular formula is C76H126O6. The minimum absolute atomic E-state index is 0.112. The van der Waals surface area contributed by atoms with Gasteiger partial charge < -0.3 is 14.2 Å². The van der Waals surface area contributed by atoms with Gasteiger partial charge in [-0.1, -0.05) is 309 Å².